The van der Waals surface area contributed by atoms with Gasteiger partial charge in [-0.05, 0) is 55.3 Å². The molecule has 0 saturated heterocycles. The zero-order valence-electron chi connectivity index (χ0n) is 18.5. The average Bonchev–Trinajstić information content (AvgIpc) is 2.79. The zero-order chi connectivity index (χ0) is 23.3. The Morgan fingerprint density at radius 1 is 0.781 bits per heavy atom. The predicted octanol–water partition coefficient (Wildman–Crippen LogP) is 5.25. The lowest BCUT2D eigenvalue weighted by Gasteiger charge is -2.08. The van der Waals surface area contributed by atoms with E-state index in [1.165, 1.54) is 6.26 Å². The standard InChI is InChI=1S/C26H28O6/c1-19(2)25(27)31-17-5-15-29-23-11-7-21(8-12-23)22-9-13-24(14-10-22)30-16-6-18-32-26(28)20(3)4/h5,7-15H,1,3,6,16-18H2,2,4H3. The smallest absolute Gasteiger partial charge is 0.333 e. The van der Waals surface area contributed by atoms with Gasteiger partial charge in [0.25, 0.3) is 0 Å². The van der Waals surface area contributed by atoms with Crippen LogP contribution < -0.4 is 9.47 Å². The maximum absolute atomic E-state index is 11.3. The summed E-state index contributed by atoms with van der Waals surface area (Å²) in [5.74, 6) is 0.603. The molecule has 168 valence electrons. The molecule has 0 aromatic heterocycles. The van der Waals surface area contributed by atoms with Crippen molar-refractivity contribution in [1.29, 1.82) is 0 Å². The van der Waals surface area contributed by atoms with E-state index in [0.29, 0.717) is 36.5 Å². The lowest BCUT2D eigenvalue weighted by atomic mass is 10.1. The Labute approximate surface area is 188 Å². The van der Waals surface area contributed by atoms with Gasteiger partial charge >= 0.3 is 11.9 Å². The average molecular weight is 437 g/mol. The Kier molecular flexibility index (Phi) is 9.78. The van der Waals surface area contributed by atoms with Crippen molar-refractivity contribution in [3.05, 3.63) is 85.2 Å². The zero-order valence-corrected chi connectivity index (χ0v) is 18.5. The largest absolute Gasteiger partial charge is 0.493 e. The van der Waals surface area contributed by atoms with E-state index in [0.717, 1.165) is 16.9 Å². The molecule has 0 saturated carbocycles. The van der Waals surface area contributed by atoms with E-state index in [2.05, 4.69) is 13.2 Å². The van der Waals surface area contributed by atoms with Crippen LogP contribution in [-0.4, -0.2) is 31.8 Å². The first-order valence-corrected chi connectivity index (χ1v) is 10.2. The van der Waals surface area contributed by atoms with Crippen LogP contribution >= 0.6 is 0 Å². The summed E-state index contributed by atoms with van der Waals surface area (Å²) in [6, 6.07) is 15.4. The lowest BCUT2D eigenvalue weighted by molar-refractivity contribution is -0.139. The molecule has 0 unspecified atom stereocenters. The number of rotatable bonds is 12. The van der Waals surface area contributed by atoms with E-state index in [9.17, 15) is 9.59 Å². The minimum Gasteiger partial charge on any atom is -0.493 e. The van der Waals surface area contributed by atoms with Crippen molar-refractivity contribution in [2.75, 3.05) is 19.8 Å². The summed E-state index contributed by atoms with van der Waals surface area (Å²) in [6.07, 6.45) is 3.69. The highest BCUT2D eigenvalue weighted by molar-refractivity contribution is 5.87. The first kappa shape index (κ1) is 24.5. The Balaban J connectivity index is 1.75. The summed E-state index contributed by atoms with van der Waals surface area (Å²) in [6.45, 7) is 11.1. The summed E-state index contributed by atoms with van der Waals surface area (Å²) in [5.41, 5.74) is 2.83. The van der Waals surface area contributed by atoms with Crippen molar-refractivity contribution in [1.82, 2.24) is 0 Å². The van der Waals surface area contributed by atoms with E-state index < -0.39 is 5.97 Å². The van der Waals surface area contributed by atoms with Crippen LogP contribution in [-0.2, 0) is 19.1 Å². The summed E-state index contributed by atoms with van der Waals surface area (Å²) in [4.78, 5) is 22.6. The highest BCUT2D eigenvalue weighted by Gasteiger charge is 2.03. The molecule has 0 atom stereocenters. The SMILES string of the molecule is C=C(C)C(=O)OCC=COc1ccc(-c2ccc(OCCCOC(=O)C(=C)C)cc2)cc1. The van der Waals surface area contributed by atoms with E-state index in [-0.39, 0.29) is 12.6 Å². The second kappa shape index (κ2) is 12.8. The molecular weight excluding hydrogens is 408 g/mol. The van der Waals surface area contributed by atoms with Crippen molar-refractivity contribution in [2.24, 2.45) is 0 Å². The molecule has 6 nitrogen and oxygen atoms in total. The van der Waals surface area contributed by atoms with Gasteiger partial charge in [-0.2, -0.15) is 0 Å². The van der Waals surface area contributed by atoms with Gasteiger partial charge in [0.05, 0.1) is 19.5 Å². The van der Waals surface area contributed by atoms with Gasteiger partial charge < -0.3 is 18.9 Å². The fourth-order valence-corrected chi connectivity index (χ4v) is 2.42. The second-order valence-electron chi connectivity index (χ2n) is 7.04. The van der Waals surface area contributed by atoms with E-state index >= 15 is 0 Å². The van der Waals surface area contributed by atoms with Crippen LogP contribution in [0, 0.1) is 0 Å². The van der Waals surface area contributed by atoms with Gasteiger partial charge in [0, 0.05) is 17.6 Å². The molecule has 2 aromatic rings. The summed E-state index contributed by atoms with van der Waals surface area (Å²) in [7, 11) is 0. The first-order chi connectivity index (χ1) is 15.4. The fourth-order valence-electron chi connectivity index (χ4n) is 2.42. The first-order valence-electron chi connectivity index (χ1n) is 10.2. The minimum absolute atomic E-state index is 0.123. The molecular formula is C26H28O6. The second-order valence-corrected chi connectivity index (χ2v) is 7.04. The van der Waals surface area contributed by atoms with E-state index in [4.69, 9.17) is 18.9 Å². The third-order valence-electron chi connectivity index (χ3n) is 4.14. The highest BCUT2D eigenvalue weighted by Crippen LogP contribution is 2.24. The molecule has 0 aliphatic carbocycles. The molecule has 0 amide bonds. The van der Waals surface area contributed by atoms with Gasteiger partial charge in [-0.1, -0.05) is 37.4 Å². The van der Waals surface area contributed by atoms with Crippen molar-refractivity contribution < 1.29 is 28.5 Å². The quantitative estimate of drug-likeness (QED) is 0.196. The van der Waals surface area contributed by atoms with Crippen molar-refractivity contribution >= 4 is 11.9 Å². The predicted molar refractivity (Wildman–Crippen MR) is 123 cm³/mol. The normalized spacial score (nSPS) is 10.4. The fraction of sp³-hybridized carbons (Fsp3) is 0.231. The Morgan fingerprint density at radius 2 is 1.31 bits per heavy atom. The van der Waals surface area contributed by atoms with Crippen LogP contribution in [0.5, 0.6) is 11.5 Å². The number of esters is 2. The lowest BCUT2D eigenvalue weighted by Crippen LogP contribution is -2.09. The van der Waals surface area contributed by atoms with E-state index in [1.807, 2.05) is 48.5 Å². The molecule has 0 aliphatic heterocycles. The van der Waals surface area contributed by atoms with Crippen molar-refractivity contribution in [3.8, 4) is 22.6 Å². The third-order valence-corrected chi connectivity index (χ3v) is 4.14. The number of benzene rings is 2. The number of carbonyl (C=O) groups excluding carboxylic acids is 2. The van der Waals surface area contributed by atoms with Gasteiger partial charge in [-0.3, -0.25) is 0 Å². The monoisotopic (exact) mass is 436 g/mol. The number of ether oxygens (including phenoxy) is 4. The number of carbonyl (C=O) groups is 2. The highest BCUT2D eigenvalue weighted by atomic mass is 16.5. The van der Waals surface area contributed by atoms with Crippen LogP contribution in [0.15, 0.2) is 85.2 Å². The van der Waals surface area contributed by atoms with Gasteiger partial charge in [0.15, 0.2) is 0 Å². The molecule has 32 heavy (non-hydrogen) atoms. The third kappa shape index (κ3) is 8.52. The van der Waals surface area contributed by atoms with Crippen LogP contribution in [0.1, 0.15) is 20.3 Å². The molecule has 0 spiro atoms. The van der Waals surface area contributed by atoms with Crippen molar-refractivity contribution in [3.63, 3.8) is 0 Å². The topological polar surface area (TPSA) is 71.1 Å². The maximum atomic E-state index is 11.3. The molecule has 0 bridgehead atoms. The summed E-state index contributed by atoms with van der Waals surface area (Å²) < 4.78 is 21.1. The molecule has 0 fully saturated rings. The van der Waals surface area contributed by atoms with E-state index in [1.54, 1.807) is 19.9 Å². The molecule has 2 rings (SSSR count). The van der Waals surface area contributed by atoms with Gasteiger partial charge in [0.1, 0.15) is 18.1 Å². The van der Waals surface area contributed by atoms with Crippen molar-refractivity contribution in [2.45, 2.75) is 20.3 Å². The maximum Gasteiger partial charge on any atom is 0.333 e. The molecule has 2 aromatic carbocycles. The number of hydrogen-bond acceptors (Lipinski definition) is 6. The summed E-state index contributed by atoms with van der Waals surface area (Å²) >= 11 is 0. The molecule has 0 aliphatic rings. The van der Waals surface area contributed by atoms with Crippen LogP contribution in [0.25, 0.3) is 11.1 Å². The molecule has 6 heteroatoms. The Hall–Kier alpha value is -3.80. The molecule has 0 heterocycles. The Morgan fingerprint density at radius 3 is 1.88 bits per heavy atom. The van der Waals surface area contributed by atoms with Crippen LogP contribution in [0.4, 0.5) is 0 Å². The summed E-state index contributed by atoms with van der Waals surface area (Å²) in [5, 5.41) is 0. The van der Waals surface area contributed by atoms with Gasteiger partial charge in [0.2, 0.25) is 0 Å². The van der Waals surface area contributed by atoms with Crippen LogP contribution in [0.3, 0.4) is 0 Å². The van der Waals surface area contributed by atoms with Crippen LogP contribution in [0.2, 0.25) is 0 Å². The molecule has 0 radical (unpaired) electrons. The number of hydrogen-bond donors (Lipinski definition) is 0. The molecule has 0 N–H and O–H groups in total. The van der Waals surface area contributed by atoms with Gasteiger partial charge in [-0.25, -0.2) is 9.59 Å². The Bertz CT molecular complexity index is 955. The van der Waals surface area contributed by atoms with Gasteiger partial charge in [-0.15, -0.1) is 0 Å². The minimum atomic E-state index is -0.431.